The number of carbonyl (C=O) groups excluding carboxylic acids is 1. The van der Waals surface area contributed by atoms with Gasteiger partial charge in [-0.05, 0) is 26.8 Å². The van der Waals surface area contributed by atoms with Gasteiger partial charge in [-0.1, -0.05) is 0 Å². The first-order valence-electron chi connectivity index (χ1n) is 6.55. The molecule has 0 fully saturated rings. The standard InChI is InChI=1S/C13H18N6O2/c1-5-21-13-15-12(16-17-13)14-11(20)7-6-10-8(2)18-19(4)9(10)3/h6-7H,5H2,1-4H3,(H2,14,15,16,17,20)/b7-6+. The molecule has 0 radical (unpaired) electrons. The Balaban J connectivity index is 2.02. The second-order valence-electron chi connectivity index (χ2n) is 4.43. The second kappa shape index (κ2) is 6.21. The van der Waals surface area contributed by atoms with Crippen LogP contribution in [0, 0.1) is 13.8 Å². The van der Waals surface area contributed by atoms with E-state index in [1.807, 2.05) is 27.8 Å². The van der Waals surface area contributed by atoms with E-state index < -0.39 is 0 Å². The molecule has 2 aromatic rings. The smallest absolute Gasteiger partial charge is 0.337 e. The predicted molar refractivity (Wildman–Crippen MR) is 77.9 cm³/mol. The number of aromatic nitrogens is 5. The minimum atomic E-state index is -0.308. The molecular weight excluding hydrogens is 272 g/mol. The van der Waals surface area contributed by atoms with Crippen LogP contribution in [0.3, 0.4) is 0 Å². The number of nitrogens with one attached hydrogen (secondary N) is 2. The van der Waals surface area contributed by atoms with Gasteiger partial charge in [0.1, 0.15) is 0 Å². The van der Waals surface area contributed by atoms with Crippen molar-refractivity contribution in [3.05, 3.63) is 23.0 Å². The molecule has 0 atom stereocenters. The molecule has 0 saturated heterocycles. The van der Waals surface area contributed by atoms with Crippen LogP contribution < -0.4 is 10.1 Å². The maximum atomic E-state index is 11.8. The minimum Gasteiger partial charge on any atom is -0.463 e. The summed E-state index contributed by atoms with van der Waals surface area (Å²) in [6, 6.07) is 0.204. The van der Waals surface area contributed by atoms with Gasteiger partial charge >= 0.3 is 6.01 Å². The van der Waals surface area contributed by atoms with Crippen molar-refractivity contribution in [2.24, 2.45) is 7.05 Å². The summed E-state index contributed by atoms with van der Waals surface area (Å²) in [5, 5.41) is 13.2. The summed E-state index contributed by atoms with van der Waals surface area (Å²) in [4.78, 5) is 15.8. The molecule has 0 spiro atoms. The van der Waals surface area contributed by atoms with E-state index in [4.69, 9.17) is 4.74 Å². The number of aryl methyl sites for hydroxylation is 2. The van der Waals surface area contributed by atoms with Crippen molar-refractivity contribution in [2.75, 3.05) is 11.9 Å². The number of amides is 1. The van der Waals surface area contributed by atoms with Crippen LogP contribution in [-0.4, -0.2) is 37.5 Å². The molecule has 0 aromatic carbocycles. The zero-order valence-electron chi connectivity index (χ0n) is 12.5. The van der Waals surface area contributed by atoms with Gasteiger partial charge < -0.3 is 4.74 Å². The third kappa shape index (κ3) is 3.47. The SMILES string of the molecule is CCOc1n[nH]c(NC(=O)/C=C/c2c(C)nn(C)c2C)n1. The highest BCUT2D eigenvalue weighted by Crippen LogP contribution is 2.13. The Hall–Kier alpha value is -2.64. The summed E-state index contributed by atoms with van der Waals surface area (Å²) in [7, 11) is 1.86. The van der Waals surface area contributed by atoms with Gasteiger partial charge in [-0.3, -0.25) is 14.8 Å². The number of anilines is 1. The Labute approximate surface area is 122 Å². The topological polar surface area (TPSA) is 97.7 Å². The lowest BCUT2D eigenvalue weighted by Crippen LogP contribution is -2.09. The normalized spacial score (nSPS) is 11.0. The fourth-order valence-corrected chi connectivity index (χ4v) is 1.84. The van der Waals surface area contributed by atoms with Crippen LogP contribution in [-0.2, 0) is 11.8 Å². The predicted octanol–water partition coefficient (Wildman–Crippen LogP) is 1.21. The van der Waals surface area contributed by atoms with E-state index in [2.05, 4.69) is 25.6 Å². The molecule has 0 aliphatic carbocycles. The lowest BCUT2D eigenvalue weighted by Gasteiger charge is -1.96. The molecule has 0 aliphatic rings. The molecule has 0 saturated carbocycles. The maximum Gasteiger partial charge on any atom is 0.337 e. The summed E-state index contributed by atoms with van der Waals surface area (Å²) in [6.45, 7) is 6.14. The van der Waals surface area contributed by atoms with E-state index in [1.54, 1.807) is 10.8 Å². The van der Waals surface area contributed by atoms with E-state index in [0.29, 0.717) is 6.61 Å². The fourth-order valence-electron chi connectivity index (χ4n) is 1.84. The first-order chi connectivity index (χ1) is 10.0. The Morgan fingerprint density at radius 1 is 1.48 bits per heavy atom. The molecule has 2 aromatic heterocycles. The molecule has 2 rings (SSSR count). The van der Waals surface area contributed by atoms with Crippen molar-refractivity contribution in [1.82, 2.24) is 25.0 Å². The molecule has 2 heterocycles. The van der Waals surface area contributed by atoms with Crippen LogP contribution in [0.15, 0.2) is 6.08 Å². The molecule has 2 N–H and O–H groups in total. The van der Waals surface area contributed by atoms with Gasteiger partial charge in [0.25, 0.3) is 5.91 Å². The number of nitrogens with zero attached hydrogens (tertiary/aromatic N) is 4. The highest BCUT2D eigenvalue weighted by atomic mass is 16.5. The average Bonchev–Trinajstić information content (AvgIpc) is 2.95. The zero-order chi connectivity index (χ0) is 15.4. The molecule has 0 bridgehead atoms. The van der Waals surface area contributed by atoms with Crippen molar-refractivity contribution >= 4 is 17.9 Å². The van der Waals surface area contributed by atoms with Crippen LogP contribution in [0.4, 0.5) is 5.95 Å². The van der Waals surface area contributed by atoms with Crippen LogP contribution in [0.2, 0.25) is 0 Å². The van der Waals surface area contributed by atoms with Crippen molar-refractivity contribution in [1.29, 1.82) is 0 Å². The first-order valence-corrected chi connectivity index (χ1v) is 6.55. The molecule has 1 amide bonds. The van der Waals surface area contributed by atoms with Crippen molar-refractivity contribution in [3.63, 3.8) is 0 Å². The Morgan fingerprint density at radius 2 is 2.24 bits per heavy atom. The molecular formula is C13H18N6O2. The maximum absolute atomic E-state index is 11.8. The molecule has 0 unspecified atom stereocenters. The van der Waals surface area contributed by atoms with Crippen molar-refractivity contribution in [2.45, 2.75) is 20.8 Å². The Morgan fingerprint density at radius 3 is 2.86 bits per heavy atom. The monoisotopic (exact) mass is 290 g/mol. The fraction of sp³-hybridized carbons (Fsp3) is 0.385. The van der Waals surface area contributed by atoms with Crippen LogP contribution >= 0.6 is 0 Å². The molecule has 8 heteroatoms. The number of H-pyrrole nitrogens is 1. The second-order valence-corrected chi connectivity index (χ2v) is 4.43. The summed E-state index contributed by atoms with van der Waals surface area (Å²) in [5.74, 6) is -0.0652. The van der Waals surface area contributed by atoms with E-state index in [0.717, 1.165) is 17.0 Å². The summed E-state index contributed by atoms with van der Waals surface area (Å²) in [5.41, 5.74) is 2.80. The van der Waals surface area contributed by atoms with Crippen molar-refractivity contribution < 1.29 is 9.53 Å². The largest absolute Gasteiger partial charge is 0.463 e. The van der Waals surface area contributed by atoms with E-state index in [9.17, 15) is 4.79 Å². The molecule has 21 heavy (non-hydrogen) atoms. The van der Waals surface area contributed by atoms with Crippen LogP contribution in [0.25, 0.3) is 6.08 Å². The number of hydrogen-bond donors (Lipinski definition) is 2. The lowest BCUT2D eigenvalue weighted by molar-refractivity contribution is -0.111. The lowest BCUT2D eigenvalue weighted by atomic mass is 10.2. The highest BCUT2D eigenvalue weighted by molar-refractivity contribution is 6.01. The van der Waals surface area contributed by atoms with Gasteiger partial charge in [-0.15, -0.1) is 5.10 Å². The van der Waals surface area contributed by atoms with E-state index in [1.165, 1.54) is 6.08 Å². The summed E-state index contributed by atoms with van der Waals surface area (Å²) >= 11 is 0. The van der Waals surface area contributed by atoms with E-state index in [-0.39, 0.29) is 17.9 Å². The molecule has 0 aliphatic heterocycles. The minimum absolute atomic E-state index is 0.204. The third-order valence-corrected chi connectivity index (χ3v) is 2.95. The van der Waals surface area contributed by atoms with Crippen LogP contribution in [0.1, 0.15) is 23.9 Å². The van der Waals surface area contributed by atoms with Gasteiger partial charge in [0.2, 0.25) is 5.95 Å². The number of aromatic amines is 1. The first kappa shape index (κ1) is 14.8. The zero-order valence-corrected chi connectivity index (χ0v) is 12.5. The van der Waals surface area contributed by atoms with Gasteiger partial charge in [0.05, 0.1) is 12.3 Å². The number of rotatable bonds is 5. The van der Waals surface area contributed by atoms with E-state index >= 15 is 0 Å². The van der Waals surface area contributed by atoms with Gasteiger partial charge in [0.15, 0.2) is 0 Å². The highest BCUT2D eigenvalue weighted by Gasteiger charge is 2.08. The number of hydrogen-bond acceptors (Lipinski definition) is 5. The molecule has 112 valence electrons. The average molecular weight is 290 g/mol. The van der Waals surface area contributed by atoms with Gasteiger partial charge in [-0.2, -0.15) is 10.1 Å². The number of ether oxygens (including phenoxy) is 1. The summed E-state index contributed by atoms with van der Waals surface area (Å²) < 4.78 is 6.87. The Kier molecular flexibility index (Phi) is 4.36. The summed E-state index contributed by atoms with van der Waals surface area (Å²) in [6.07, 6.45) is 3.16. The molecule has 8 nitrogen and oxygen atoms in total. The quantitative estimate of drug-likeness (QED) is 0.806. The Bertz CT molecular complexity index is 670. The van der Waals surface area contributed by atoms with Gasteiger partial charge in [0, 0.05) is 24.4 Å². The van der Waals surface area contributed by atoms with Crippen molar-refractivity contribution in [3.8, 4) is 6.01 Å². The van der Waals surface area contributed by atoms with Gasteiger partial charge in [-0.25, -0.2) is 5.10 Å². The van der Waals surface area contributed by atoms with Crippen LogP contribution in [0.5, 0.6) is 6.01 Å². The third-order valence-electron chi connectivity index (χ3n) is 2.95. The number of carbonyl (C=O) groups is 1.